The first-order chi connectivity index (χ1) is 11.9. The molecule has 0 aliphatic carbocycles. The Balaban J connectivity index is 1.88. The van der Waals surface area contributed by atoms with Crippen LogP contribution in [-0.2, 0) is 0 Å². The summed E-state index contributed by atoms with van der Waals surface area (Å²) < 4.78 is 8.32. The van der Waals surface area contributed by atoms with Gasteiger partial charge in [0.25, 0.3) is 0 Å². The van der Waals surface area contributed by atoms with Crippen LogP contribution in [0.15, 0.2) is 89.5 Å². The maximum Gasteiger partial charge on any atom is 0.134 e. The van der Waals surface area contributed by atoms with Crippen LogP contribution in [0.4, 0.5) is 0 Å². The van der Waals surface area contributed by atoms with Crippen molar-refractivity contribution in [2.24, 2.45) is 0 Å². The zero-order valence-corrected chi connectivity index (χ0v) is 13.7. The highest BCUT2D eigenvalue weighted by Gasteiger charge is 2.14. The monoisotopic (exact) mass is 326 g/mol. The third-order valence-corrected chi connectivity index (χ3v) is 5.54. The Bertz CT molecular complexity index is 1150. The Labute approximate surface area is 143 Å². The SMILES string of the molecule is c1coc(-c2ccccc2-c2cccc3sc4ccccc4c23)c1. The van der Waals surface area contributed by atoms with Crippen LogP contribution in [0.3, 0.4) is 0 Å². The summed E-state index contributed by atoms with van der Waals surface area (Å²) in [5.41, 5.74) is 3.60. The van der Waals surface area contributed by atoms with Crippen molar-refractivity contribution in [3.63, 3.8) is 0 Å². The minimum Gasteiger partial charge on any atom is -0.464 e. The Morgan fingerprint density at radius 3 is 2.21 bits per heavy atom. The van der Waals surface area contributed by atoms with E-state index in [1.807, 2.05) is 23.5 Å². The van der Waals surface area contributed by atoms with Gasteiger partial charge in [0.1, 0.15) is 5.76 Å². The highest BCUT2D eigenvalue weighted by Crippen LogP contribution is 2.42. The molecule has 0 bridgehead atoms. The first-order valence-corrected chi connectivity index (χ1v) is 8.77. The van der Waals surface area contributed by atoms with Crippen molar-refractivity contribution < 1.29 is 4.42 Å². The summed E-state index contributed by atoms with van der Waals surface area (Å²) in [6, 6.07) is 27.6. The van der Waals surface area contributed by atoms with E-state index < -0.39 is 0 Å². The molecule has 2 aromatic heterocycles. The molecule has 0 atom stereocenters. The average Bonchev–Trinajstić information content (AvgIpc) is 3.29. The minimum absolute atomic E-state index is 0.905. The Hall–Kier alpha value is -2.84. The highest BCUT2D eigenvalue weighted by atomic mass is 32.1. The van der Waals surface area contributed by atoms with Crippen molar-refractivity contribution in [3.05, 3.63) is 85.1 Å². The summed E-state index contributed by atoms with van der Waals surface area (Å²) in [6.07, 6.45) is 1.73. The number of hydrogen-bond donors (Lipinski definition) is 0. The fourth-order valence-electron chi connectivity index (χ4n) is 3.36. The molecule has 24 heavy (non-hydrogen) atoms. The lowest BCUT2D eigenvalue weighted by Gasteiger charge is -2.09. The quantitative estimate of drug-likeness (QED) is 0.341. The number of thiophene rings is 1. The van der Waals surface area contributed by atoms with E-state index in [9.17, 15) is 0 Å². The number of rotatable bonds is 2. The van der Waals surface area contributed by atoms with Crippen molar-refractivity contribution in [2.75, 3.05) is 0 Å². The molecule has 0 fully saturated rings. The predicted octanol–water partition coefficient (Wildman–Crippen LogP) is 6.98. The number of furan rings is 1. The molecule has 2 heteroatoms. The second-order valence-corrected chi connectivity index (χ2v) is 6.88. The van der Waals surface area contributed by atoms with E-state index in [0.717, 1.165) is 11.3 Å². The molecule has 0 amide bonds. The molecule has 5 rings (SSSR count). The maximum atomic E-state index is 5.67. The van der Waals surface area contributed by atoms with Crippen molar-refractivity contribution in [1.82, 2.24) is 0 Å². The topological polar surface area (TPSA) is 13.1 Å². The summed E-state index contributed by atoms with van der Waals surface area (Å²) in [5.74, 6) is 0.905. The summed E-state index contributed by atoms with van der Waals surface area (Å²) in [6.45, 7) is 0. The van der Waals surface area contributed by atoms with Gasteiger partial charge in [-0.1, -0.05) is 54.6 Å². The van der Waals surface area contributed by atoms with Gasteiger partial charge < -0.3 is 4.42 Å². The first-order valence-electron chi connectivity index (χ1n) is 7.95. The fraction of sp³-hybridized carbons (Fsp3) is 0. The van der Waals surface area contributed by atoms with E-state index in [-0.39, 0.29) is 0 Å². The largest absolute Gasteiger partial charge is 0.464 e. The van der Waals surface area contributed by atoms with Crippen molar-refractivity contribution >= 4 is 31.5 Å². The average molecular weight is 326 g/mol. The van der Waals surface area contributed by atoms with Gasteiger partial charge in [0.15, 0.2) is 0 Å². The molecule has 0 saturated heterocycles. The molecule has 0 radical (unpaired) electrons. The predicted molar refractivity (Wildman–Crippen MR) is 102 cm³/mol. The molecule has 3 aromatic carbocycles. The lowest BCUT2D eigenvalue weighted by atomic mass is 9.94. The fourth-order valence-corrected chi connectivity index (χ4v) is 4.50. The molecular weight excluding hydrogens is 312 g/mol. The van der Waals surface area contributed by atoms with Crippen LogP contribution >= 0.6 is 11.3 Å². The smallest absolute Gasteiger partial charge is 0.134 e. The third kappa shape index (κ3) is 2.00. The highest BCUT2D eigenvalue weighted by molar-refractivity contribution is 7.25. The van der Waals surface area contributed by atoms with Gasteiger partial charge in [0.2, 0.25) is 0 Å². The van der Waals surface area contributed by atoms with Crippen LogP contribution in [0, 0.1) is 0 Å². The van der Waals surface area contributed by atoms with E-state index >= 15 is 0 Å². The van der Waals surface area contributed by atoms with Crippen LogP contribution in [0.25, 0.3) is 42.6 Å². The van der Waals surface area contributed by atoms with E-state index in [0.29, 0.717) is 0 Å². The van der Waals surface area contributed by atoms with Gasteiger partial charge in [0, 0.05) is 25.7 Å². The molecule has 2 heterocycles. The van der Waals surface area contributed by atoms with Crippen molar-refractivity contribution in [1.29, 1.82) is 0 Å². The van der Waals surface area contributed by atoms with Crippen LogP contribution in [0.5, 0.6) is 0 Å². The van der Waals surface area contributed by atoms with Crippen molar-refractivity contribution in [2.45, 2.75) is 0 Å². The molecule has 114 valence electrons. The van der Waals surface area contributed by atoms with Crippen LogP contribution in [0.2, 0.25) is 0 Å². The van der Waals surface area contributed by atoms with Crippen LogP contribution in [0.1, 0.15) is 0 Å². The zero-order chi connectivity index (χ0) is 15.9. The Morgan fingerprint density at radius 2 is 1.33 bits per heavy atom. The van der Waals surface area contributed by atoms with Gasteiger partial charge in [-0.2, -0.15) is 0 Å². The third-order valence-electron chi connectivity index (χ3n) is 4.41. The minimum atomic E-state index is 0.905. The summed E-state index contributed by atoms with van der Waals surface area (Å²) >= 11 is 1.85. The molecular formula is C22H14OS. The van der Waals surface area contributed by atoms with E-state index in [1.54, 1.807) is 6.26 Å². The number of fused-ring (bicyclic) bond motifs is 3. The molecule has 5 aromatic rings. The number of benzene rings is 3. The number of hydrogen-bond acceptors (Lipinski definition) is 2. The maximum absolute atomic E-state index is 5.67. The summed E-state index contributed by atoms with van der Waals surface area (Å²) in [5, 5.41) is 2.65. The molecule has 0 aliphatic rings. The normalized spacial score (nSPS) is 11.3. The van der Waals surface area contributed by atoms with Gasteiger partial charge in [-0.3, -0.25) is 0 Å². The second kappa shape index (κ2) is 5.36. The van der Waals surface area contributed by atoms with Crippen LogP contribution in [-0.4, -0.2) is 0 Å². The molecule has 0 aliphatic heterocycles. The zero-order valence-electron chi connectivity index (χ0n) is 12.9. The first kappa shape index (κ1) is 13.6. The lowest BCUT2D eigenvalue weighted by Crippen LogP contribution is -1.84. The summed E-state index contributed by atoms with van der Waals surface area (Å²) in [7, 11) is 0. The van der Waals surface area contributed by atoms with Gasteiger partial charge >= 0.3 is 0 Å². The van der Waals surface area contributed by atoms with E-state index in [1.165, 1.54) is 31.3 Å². The Kier molecular flexibility index (Phi) is 3.03. The van der Waals surface area contributed by atoms with E-state index in [4.69, 9.17) is 4.42 Å². The van der Waals surface area contributed by atoms with Crippen LogP contribution < -0.4 is 0 Å². The standard InChI is InChI=1S/C22H14OS/c1-2-8-16(19-11-6-14-23-19)15(7-1)17-10-5-13-21-22(17)18-9-3-4-12-20(18)24-21/h1-14H. The molecule has 0 N–H and O–H groups in total. The van der Waals surface area contributed by atoms with Crippen molar-refractivity contribution in [3.8, 4) is 22.5 Å². The second-order valence-electron chi connectivity index (χ2n) is 5.80. The van der Waals surface area contributed by atoms with Gasteiger partial charge in [-0.05, 0) is 35.4 Å². The molecule has 0 spiro atoms. The lowest BCUT2D eigenvalue weighted by molar-refractivity contribution is 0.582. The van der Waals surface area contributed by atoms with E-state index in [2.05, 4.69) is 66.7 Å². The van der Waals surface area contributed by atoms with Gasteiger partial charge in [0.05, 0.1) is 6.26 Å². The van der Waals surface area contributed by atoms with Gasteiger partial charge in [-0.15, -0.1) is 11.3 Å². The summed E-state index contributed by atoms with van der Waals surface area (Å²) in [4.78, 5) is 0. The molecule has 0 unspecified atom stereocenters. The molecule has 1 nitrogen and oxygen atoms in total. The molecule has 0 saturated carbocycles. The Morgan fingerprint density at radius 1 is 0.583 bits per heavy atom. The van der Waals surface area contributed by atoms with Gasteiger partial charge in [-0.25, -0.2) is 0 Å².